The SMILES string of the molecule is Cc1ccc(COc2ccc(C=NNC(=O)c3ccccc3I)cc2)cc1. The van der Waals surface area contributed by atoms with E-state index in [2.05, 4.69) is 64.3 Å². The van der Waals surface area contributed by atoms with Crippen LogP contribution in [0.1, 0.15) is 27.0 Å². The van der Waals surface area contributed by atoms with Gasteiger partial charge in [0.05, 0.1) is 11.8 Å². The molecule has 27 heavy (non-hydrogen) atoms. The molecule has 1 N–H and O–H groups in total. The van der Waals surface area contributed by atoms with Crippen molar-refractivity contribution in [2.24, 2.45) is 5.10 Å². The van der Waals surface area contributed by atoms with Gasteiger partial charge in [0.15, 0.2) is 0 Å². The standard InChI is InChI=1S/C22H19IN2O2/c1-16-6-8-18(9-7-16)15-27-19-12-10-17(11-13-19)14-24-25-22(26)20-4-2-3-5-21(20)23/h2-14H,15H2,1H3,(H,25,26). The van der Waals surface area contributed by atoms with Gasteiger partial charge in [-0.25, -0.2) is 5.43 Å². The molecule has 0 aliphatic rings. The van der Waals surface area contributed by atoms with E-state index in [0.717, 1.165) is 20.4 Å². The number of amides is 1. The van der Waals surface area contributed by atoms with Crippen LogP contribution < -0.4 is 10.2 Å². The summed E-state index contributed by atoms with van der Waals surface area (Å²) in [5.74, 6) is 0.560. The zero-order valence-electron chi connectivity index (χ0n) is 14.9. The molecular formula is C22H19IN2O2. The van der Waals surface area contributed by atoms with E-state index in [9.17, 15) is 4.79 Å². The molecule has 3 rings (SSSR count). The smallest absolute Gasteiger partial charge is 0.272 e. The van der Waals surface area contributed by atoms with Crippen molar-refractivity contribution in [2.75, 3.05) is 0 Å². The molecule has 0 bridgehead atoms. The molecule has 0 spiro atoms. The van der Waals surface area contributed by atoms with Gasteiger partial charge in [0.2, 0.25) is 0 Å². The van der Waals surface area contributed by atoms with Crippen LogP contribution in [0.15, 0.2) is 77.9 Å². The van der Waals surface area contributed by atoms with E-state index >= 15 is 0 Å². The van der Waals surface area contributed by atoms with E-state index < -0.39 is 0 Å². The van der Waals surface area contributed by atoms with Crippen LogP contribution in [0.25, 0.3) is 0 Å². The Kier molecular flexibility index (Phi) is 6.59. The second kappa shape index (κ2) is 9.32. The summed E-state index contributed by atoms with van der Waals surface area (Å²) in [6.07, 6.45) is 1.61. The van der Waals surface area contributed by atoms with Gasteiger partial charge in [-0.1, -0.05) is 42.0 Å². The second-order valence-electron chi connectivity index (χ2n) is 6.02. The summed E-state index contributed by atoms with van der Waals surface area (Å²) in [4.78, 5) is 12.1. The Bertz CT molecular complexity index is 935. The Morgan fingerprint density at radius 3 is 2.44 bits per heavy atom. The molecule has 0 saturated carbocycles. The molecule has 4 nitrogen and oxygen atoms in total. The summed E-state index contributed by atoms with van der Waals surface area (Å²) in [5.41, 5.74) is 6.39. The first kappa shape index (κ1) is 19.1. The van der Waals surface area contributed by atoms with E-state index in [1.54, 1.807) is 12.3 Å². The van der Waals surface area contributed by atoms with Crippen molar-refractivity contribution in [3.05, 3.63) is 98.6 Å². The van der Waals surface area contributed by atoms with Crippen LogP contribution in [-0.2, 0) is 6.61 Å². The molecule has 3 aromatic rings. The van der Waals surface area contributed by atoms with Gasteiger partial charge in [-0.2, -0.15) is 5.10 Å². The fourth-order valence-corrected chi connectivity index (χ4v) is 3.00. The highest BCUT2D eigenvalue weighted by molar-refractivity contribution is 14.1. The second-order valence-corrected chi connectivity index (χ2v) is 7.18. The minimum atomic E-state index is -0.227. The third-order valence-corrected chi connectivity index (χ3v) is 4.85. The number of carbonyl (C=O) groups is 1. The number of benzene rings is 3. The maximum Gasteiger partial charge on any atom is 0.272 e. The minimum Gasteiger partial charge on any atom is -0.489 e. The third kappa shape index (κ3) is 5.65. The van der Waals surface area contributed by atoms with Crippen LogP contribution >= 0.6 is 22.6 Å². The van der Waals surface area contributed by atoms with Crippen LogP contribution in [0.2, 0.25) is 0 Å². The van der Waals surface area contributed by atoms with Crippen molar-refractivity contribution >= 4 is 34.7 Å². The van der Waals surface area contributed by atoms with Gasteiger partial charge in [0.1, 0.15) is 12.4 Å². The Hall–Kier alpha value is -2.67. The highest BCUT2D eigenvalue weighted by Crippen LogP contribution is 2.14. The number of ether oxygens (including phenoxy) is 1. The molecular weight excluding hydrogens is 451 g/mol. The summed E-state index contributed by atoms with van der Waals surface area (Å²) in [6, 6.07) is 23.2. The average molecular weight is 470 g/mol. The molecule has 0 saturated heterocycles. The van der Waals surface area contributed by atoms with Gasteiger partial charge >= 0.3 is 0 Å². The van der Waals surface area contributed by atoms with Crippen LogP contribution in [-0.4, -0.2) is 12.1 Å². The zero-order valence-corrected chi connectivity index (χ0v) is 17.0. The Balaban J connectivity index is 1.52. The number of aryl methyl sites for hydroxylation is 1. The molecule has 0 aliphatic heterocycles. The predicted molar refractivity (Wildman–Crippen MR) is 116 cm³/mol. The van der Waals surface area contributed by atoms with E-state index in [1.165, 1.54) is 5.56 Å². The summed E-state index contributed by atoms with van der Waals surface area (Å²) in [5, 5.41) is 4.02. The summed E-state index contributed by atoms with van der Waals surface area (Å²) >= 11 is 2.13. The lowest BCUT2D eigenvalue weighted by Crippen LogP contribution is -2.18. The maximum atomic E-state index is 12.1. The van der Waals surface area contributed by atoms with Crippen LogP contribution in [0.5, 0.6) is 5.75 Å². The van der Waals surface area contributed by atoms with Gasteiger partial charge in [-0.15, -0.1) is 0 Å². The topological polar surface area (TPSA) is 50.7 Å². The molecule has 136 valence electrons. The summed E-state index contributed by atoms with van der Waals surface area (Å²) in [7, 11) is 0. The number of nitrogens with one attached hydrogen (secondary N) is 1. The molecule has 0 heterocycles. The fourth-order valence-electron chi connectivity index (χ4n) is 2.37. The van der Waals surface area contributed by atoms with E-state index in [1.807, 2.05) is 42.5 Å². The number of carbonyl (C=O) groups excluding carboxylic acids is 1. The maximum absolute atomic E-state index is 12.1. The van der Waals surface area contributed by atoms with Gasteiger partial charge in [-0.05, 0) is 77.0 Å². The highest BCUT2D eigenvalue weighted by Gasteiger charge is 2.07. The molecule has 0 radical (unpaired) electrons. The van der Waals surface area contributed by atoms with Crippen LogP contribution in [0, 0.1) is 10.5 Å². The van der Waals surface area contributed by atoms with Crippen molar-refractivity contribution in [3.8, 4) is 5.75 Å². The first-order chi connectivity index (χ1) is 13.1. The van der Waals surface area contributed by atoms with Crippen molar-refractivity contribution in [1.29, 1.82) is 0 Å². The van der Waals surface area contributed by atoms with Crippen molar-refractivity contribution in [1.82, 2.24) is 5.43 Å². The van der Waals surface area contributed by atoms with Gasteiger partial charge in [-0.3, -0.25) is 4.79 Å². The molecule has 0 fully saturated rings. The quantitative estimate of drug-likeness (QED) is 0.315. The Morgan fingerprint density at radius 1 is 1.04 bits per heavy atom. The first-order valence-electron chi connectivity index (χ1n) is 8.48. The first-order valence-corrected chi connectivity index (χ1v) is 9.56. The van der Waals surface area contributed by atoms with Crippen molar-refractivity contribution in [2.45, 2.75) is 13.5 Å². The van der Waals surface area contributed by atoms with Gasteiger partial charge < -0.3 is 4.74 Å². The Labute approximate surface area is 172 Å². The monoisotopic (exact) mass is 470 g/mol. The fraction of sp³-hybridized carbons (Fsp3) is 0.0909. The van der Waals surface area contributed by atoms with Gasteiger partial charge in [0.25, 0.3) is 5.91 Å². The molecule has 0 unspecified atom stereocenters. The molecule has 3 aromatic carbocycles. The summed E-state index contributed by atoms with van der Waals surface area (Å²) < 4.78 is 6.67. The molecule has 0 atom stereocenters. The number of rotatable bonds is 6. The van der Waals surface area contributed by atoms with E-state index in [0.29, 0.717) is 12.2 Å². The van der Waals surface area contributed by atoms with Crippen LogP contribution in [0.3, 0.4) is 0 Å². The van der Waals surface area contributed by atoms with Gasteiger partial charge in [0, 0.05) is 3.57 Å². The number of hydrazone groups is 1. The number of nitrogens with zero attached hydrogens (tertiary/aromatic N) is 1. The minimum absolute atomic E-state index is 0.227. The molecule has 0 aromatic heterocycles. The zero-order chi connectivity index (χ0) is 19.1. The van der Waals surface area contributed by atoms with E-state index in [-0.39, 0.29) is 5.91 Å². The van der Waals surface area contributed by atoms with Crippen LogP contribution in [0.4, 0.5) is 0 Å². The van der Waals surface area contributed by atoms with Crippen molar-refractivity contribution in [3.63, 3.8) is 0 Å². The Morgan fingerprint density at radius 2 is 1.74 bits per heavy atom. The molecule has 1 amide bonds. The van der Waals surface area contributed by atoms with E-state index in [4.69, 9.17) is 4.74 Å². The lowest BCUT2D eigenvalue weighted by atomic mass is 10.2. The highest BCUT2D eigenvalue weighted by atomic mass is 127. The molecule has 0 aliphatic carbocycles. The van der Waals surface area contributed by atoms with Crippen molar-refractivity contribution < 1.29 is 9.53 Å². The number of hydrogen-bond acceptors (Lipinski definition) is 3. The average Bonchev–Trinajstić information content (AvgIpc) is 2.69. The lowest BCUT2D eigenvalue weighted by Gasteiger charge is -2.07. The largest absolute Gasteiger partial charge is 0.489 e. The summed E-state index contributed by atoms with van der Waals surface area (Å²) in [6.45, 7) is 2.59. The molecule has 5 heteroatoms. The normalized spacial score (nSPS) is 10.7. The lowest BCUT2D eigenvalue weighted by molar-refractivity contribution is 0.0954. The number of halogens is 1. The number of hydrogen-bond donors (Lipinski definition) is 1. The predicted octanol–water partition coefficient (Wildman–Crippen LogP) is 4.94. The third-order valence-electron chi connectivity index (χ3n) is 3.90.